The molecule has 1 aliphatic rings. The average Bonchev–Trinajstić information content (AvgIpc) is 2.58. The summed E-state index contributed by atoms with van der Waals surface area (Å²) in [5, 5.41) is 11.2. The first-order valence-corrected chi connectivity index (χ1v) is 7.97. The molecule has 1 heterocycles. The molecule has 1 fully saturated rings. The van der Waals surface area contributed by atoms with Crippen LogP contribution in [0.3, 0.4) is 0 Å². The summed E-state index contributed by atoms with van der Waals surface area (Å²) in [6.45, 7) is 1.16. The van der Waals surface area contributed by atoms with Crippen LogP contribution in [-0.2, 0) is 14.3 Å². The minimum Gasteiger partial charge on any atom is -0.465 e. The van der Waals surface area contributed by atoms with Gasteiger partial charge in [0, 0.05) is 13.0 Å². The van der Waals surface area contributed by atoms with E-state index in [2.05, 4.69) is 5.32 Å². The van der Waals surface area contributed by atoms with E-state index in [0.717, 1.165) is 25.9 Å². The summed E-state index contributed by atoms with van der Waals surface area (Å²) in [5.41, 5.74) is 0.649. The van der Waals surface area contributed by atoms with E-state index >= 15 is 0 Å². The normalized spacial score (nSPS) is 19.0. The van der Waals surface area contributed by atoms with Crippen LogP contribution in [0.5, 0.6) is 0 Å². The third-order valence-corrected chi connectivity index (χ3v) is 3.73. The Morgan fingerprint density at radius 2 is 2.09 bits per heavy atom. The number of ether oxygens (including phenoxy) is 2. The van der Waals surface area contributed by atoms with Gasteiger partial charge in [-0.1, -0.05) is 30.3 Å². The van der Waals surface area contributed by atoms with E-state index < -0.39 is 12.1 Å². The minimum atomic E-state index is -1.21. The van der Waals surface area contributed by atoms with Gasteiger partial charge in [-0.15, -0.1) is 0 Å². The van der Waals surface area contributed by atoms with Crippen molar-refractivity contribution in [3.63, 3.8) is 0 Å². The van der Waals surface area contributed by atoms with E-state index in [-0.39, 0.29) is 18.5 Å². The maximum absolute atomic E-state index is 12.3. The fourth-order valence-electron chi connectivity index (χ4n) is 2.57. The van der Waals surface area contributed by atoms with Crippen LogP contribution >= 0.6 is 0 Å². The van der Waals surface area contributed by atoms with E-state index in [4.69, 9.17) is 14.6 Å². The summed E-state index contributed by atoms with van der Waals surface area (Å²) in [6, 6.07) is 8.03. The molecule has 0 saturated carbocycles. The van der Waals surface area contributed by atoms with Crippen molar-refractivity contribution in [1.82, 2.24) is 5.32 Å². The molecule has 2 rings (SSSR count). The predicted molar refractivity (Wildman–Crippen MR) is 84.1 cm³/mol. The molecule has 0 spiro atoms. The first-order valence-electron chi connectivity index (χ1n) is 7.97. The van der Waals surface area contributed by atoms with Gasteiger partial charge in [-0.25, -0.2) is 4.79 Å². The lowest BCUT2D eigenvalue weighted by Gasteiger charge is -2.22. The van der Waals surface area contributed by atoms with Gasteiger partial charge in [0.25, 0.3) is 0 Å². The van der Waals surface area contributed by atoms with Crippen molar-refractivity contribution in [1.29, 1.82) is 0 Å². The topological polar surface area (TPSA) is 84.9 Å². The number of carbonyl (C=O) groups is 2. The van der Waals surface area contributed by atoms with E-state index in [9.17, 15) is 9.59 Å². The van der Waals surface area contributed by atoms with E-state index in [1.54, 1.807) is 24.3 Å². The Labute approximate surface area is 135 Å². The van der Waals surface area contributed by atoms with Gasteiger partial charge >= 0.3 is 6.09 Å². The molecule has 6 heteroatoms. The highest BCUT2D eigenvalue weighted by atomic mass is 16.7. The van der Waals surface area contributed by atoms with E-state index in [1.165, 1.54) is 0 Å². The summed E-state index contributed by atoms with van der Waals surface area (Å²) in [5.74, 6) is -0.160. The predicted octanol–water partition coefficient (Wildman–Crippen LogP) is 2.89. The first-order chi connectivity index (χ1) is 11.2. The Morgan fingerprint density at radius 3 is 2.74 bits per heavy atom. The molecule has 0 bridgehead atoms. The highest BCUT2D eigenvalue weighted by molar-refractivity contribution is 5.88. The molecule has 1 aliphatic heterocycles. The molecular weight excluding hydrogens is 298 g/mol. The van der Waals surface area contributed by atoms with Crippen LogP contribution in [0.15, 0.2) is 30.3 Å². The Kier molecular flexibility index (Phi) is 7.03. The third kappa shape index (κ3) is 6.00. The van der Waals surface area contributed by atoms with Crippen LogP contribution in [0.25, 0.3) is 0 Å². The maximum atomic E-state index is 12.3. The number of hydrogen-bond donors (Lipinski definition) is 2. The molecule has 1 aromatic rings. The monoisotopic (exact) mass is 321 g/mol. The van der Waals surface area contributed by atoms with Crippen molar-refractivity contribution < 1.29 is 24.2 Å². The smallest absolute Gasteiger partial charge is 0.405 e. The fraction of sp³-hybridized carbons (Fsp3) is 0.529. The number of amides is 1. The zero-order valence-corrected chi connectivity index (χ0v) is 13.1. The van der Waals surface area contributed by atoms with Gasteiger partial charge < -0.3 is 19.9 Å². The molecule has 2 unspecified atom stereocenters. The van der Waals surface area contributed by atoms with Gasteiger partial charge in [-0.05, 0) is 31.2 Å². The number of carbonyl (C=O) groups excluding carboxylic acids is 1. The van der Waals surface area contributed by atoms with Gasteiger partial charge in [0.05, 0.1) is 6.61 Å². The van der Waals surface area contributed by atoms with Crippen LogP contribution in [0.1, 0.15) is 43.7 Å². The quantitative estimate of drug-likeness (QED) is 0.719. The second-order valence-electron chi connectivity index (χ2n) is 5.53. The lowest BCUT2D eigenvalue weighted by atomic mass is 10.00. The number of nitrogens with one attached hydrogen (secondary N) is 1. The van der Waals surface area contributed by atoms with Crippen molar-refractivity contribution in [3.8, 4) is 0 Å². The Bertz CT molecular complexity index is 499. The minimum absolute atomic E-state index is 0.160. The summed E-state index contributed by atoms with van der Waals surface area (Å²) >= 11 is 0. The Morgan fingerprint density at radius 1 is 1.30 bits per heavy atom. The zero-order chi connectivity index (χ0) is 16.5. The Hall–Kier alpha value is -1.92. The fourth-order valence-corrected chi connectivity index (χ4v) is 2.57. The van der Waals surface area contributed by atoms with Gasteiger partial charge in [0.2, 0.25) is 0 Å². The van der Waals surface area contributed by atoms with Gasteiger partial charge in [0.15, 0.2) is 12.1 Å². The lowest BCUT2D eigenvalue weighted by molar-refractivity contribution is -0.163. The molecule has 2 N–H and O–H groups in total. The number of Topliss-reactive ketones (excluding diaryl/α,β-unsaturated/α-hetero) is 1. The van der Waals surface area contributed by atoms with E-state index in [0.29, 0.717) is 18.6 Å². The molecule has 23 heavy (non-hydrogen) atoms. The molecular formula is C17H23NO5. The molecule has 0 aromatic heterocycles. The number of carboxylic acid groups (broad SMARTS) is 1. The van der Waals surface area contributed by atoms with Crippen LogP contribution in [-0.4, -0.2) is 36.5 Å². The molecule has 2 atom stereocenters. The average molecular weight is 321 g/mol. The summed E-state index contributed by atoms with van der Waals surface area (Å²) < 4.78 is 11.0. The van der Waals surface area contributed by atoms with Crippen molar-refractivity contribution in [2.24, 2.45) is 0 Å². The SMILES string of the molecule is O=C(O)NC(C(=O)CCCOC1CCCCO1)c1ccccc1. The molecule has 1 amide bonds. The standard InChI is InChI=1S/C17H23NO5/c19-14(9-6-12-23-15-10-4-5-11-22-15)16(18-17(20)21)13-7-2-1-3-8-13/h1-3,7-8,15-16,18H,4-6,9-12H2,(H,20,21). The number of hydrogen-bond acceptors (Lipinski definition) is 4. The number of rotatable bonds is 8. The summed E-state index contributed by atoms with van der Waals surface area (Å²) in [7, 11) is 0. The van der Waals surface area contributed by atoms with Gasteiger partial charge in [-0.3, -0.25) is 4.79 Å². The Balaban J connectivity index is 1.79. The van der Waals surface area contributed by atoms with Gasteiger partial charge in [0.1, 0.15) is 6.04 Å². The number of ketones is 1. The van der Waals surface area contributed by atoms with Crippen molar-refractivity contribution >= 4 is 11.9 Å². The molecule has 126 valence electrons. The van der Waals surface area contributed by atoms with Crippen LogP contribution in [0.2, 0.25) is 0 Å². The molecule has 1 saturated heterocycles. The van der Waals surface area contributed by atoms with Gasteiger partial charge in [-0.2, -0.15) is 0 Å². The van der Waals surface area contributed by atoms with Crippen molar-refractivity contribution in [2.45, 2.75) is 44.4 Å². The molecule has 6 nitrogen and oxygen atoms in total. The molecule has 0 radical (unpaired) electrons. The van der Waals surface area contributed by atoms with Crippen molar-refractivity contribution in [2.75, 3.05) is 13.2 Å². The highest BCUT2D eigenvalue weighted by Gasteiger charge is 2.22. The largest absolute Gasteiger partial charge is 0.465 e. The summed E-state index contributed by atoms with van der Waals surface area (Å²) in [4.78, 5) is 23.2. The van der Waals surface area contributed by atoms with Crippen LogP contribution in [0.4, 0.5) is 4.79 Å². The summed E-state index contributed by atoms with van der Waals surface area (Å²) in [6.07, 6.45) is 2.48. The molecule has 0 aliphatic carbocycles. The van der Waals surface area contributed by atoms with Crippen LogP contribution in [0, 0.1) is 0 Å². The maximum Gasteiger partial charge on any atom is 0.405 e. The first kappa shape index (κ1) is 17.4. The zero-order valence-electron chi connectivity index (χ0n) is 13.1. The van der Waals surface area contributed by atoms with Crippen LogP contribution < -0.4 is 5.32 Å². The molecule has 1 aromatic carbocycles. The lowest BCUT2D eigenvalue weighted by Crippen LogP contribution is -2.32. The van der Waals surface area contributed by atoms with Crippen molar-refractivity contribution in [3.05, 3.63) is 35.9 Å². The third-order valence-electron chi connectivity index (χ3n) is 3.73. The second-order valence-corrected chi connectivity index (χ2v) is 5.53. The number of benzene rings is 1. The van der Waals surface area contributed by atoms with E-state index in [1.807, 2.05) is 6.07 Å². The highest BCUT2D eigenvalue weighted by Crippen LogP contribution is 2.17. The second kappa shape index (κ2) is 9.27.